The Morgan fingerprint density at radius 2 is 2.31 bits per heavy atom. The van der Waals surface area contributed by atoms with Crippen LogP contribution >= 0.6 is 0 Å². The zero-order chi connectivity index (χ0) is 9.10. The highest BCUT2D eigenvalue weighted by atomic mass is 28.2. The van der Waals surface area contributed by atoms with Crippen LogP contribution in [0.2, 0.25) is 6.04 Å². The maximum absolute atomic E-state index is 5.52. The first-order chi connectivity index (χ1) is 6.40. The van der Waals surface area contributed by atoms with Crippen molar-refractivity contribution in [2.45, 2.75) is 50.4 Å². The quantitative estimate of drug-likeness (QED) is 0.381. The fraction of sp³-hybridized carbons (Fsp3) is 1.00. The molecule has 0 N–H and O–H groups in total. The molecule has 2 aliphatic rings. The minimum absolute atomic E-state index is 0.159. The van der Waals surface area contributed by atoms with Gasteiger partial charge in [0.15, 0.2) is 9.76 Å². The van der Waals surface area contributed by atoms with Crippen LogP contribution in [0.15, 0.2) is 0 Å². The van der Waals surface area contributed by atoms with Crippen LogP contribution in [0.1, 0.15) is 32.1 Å². The molecule has 1 saturated heterocycles. The molecule has 2 nitrogen and oxygen atoms in total. The number of ether oxygens (including phenoxy) is 1. The van der Waals surface area contributed by atoms with E-state index in [4.69, 9.17) is 9.16 Å². The minimum Gasteiger partial charge on any atom is -0.427 e. The summed E-state index contributed by atoms with van der Waals surface area (Å²) in [4.78, 5) is 0. The molecule has 0 aromatic rings. The van der Waals surface area contributed by atoms with Crippen LogP contribution in [0, 0.1) is 5.92 Å². The summed E-state index contributed by atoms with van der Waals surface area (Å²) in [6.07, 6.45) is 8.24. The molecule has 0 amide bonds. The van der Waals surface area contributed by atoms with Gasteiger partial charge >= 0.3 is 0 Å². The van der Waals surface area contributed by atoms with E-state index in [2.05, 4.69) is 0 Å². The van der Waals surface area contributed by atoms with E-state index >= 15 is 0 Å². The Balaban J connectivity index is 1.54. The van der Waals surface area contributed by atoms with Gasteiger partial charge < -0.3 is 9.16 Å². The summed E-state index contributed by atoms with van der Waals surface area (Å²) in [7, 11) is 1.68. The lowest BCUT2D eigenvalue weighted by Crippen LogP contribution is -2.13. The average Bonchev–Trinajstić information content (AvgIpc) is 2.90. The number of fused-ring (bicyclic) bond motifs is 1. The van der Waals surface area contributed by atoms with Gasteiger partial charge in [-0.05, 0) is 31.2 Å². The van der Waals surface area contributed by atoms with Crippen LogP contribution < -0.4 is 0 Å². The highest BCUT2D eigenvalue weighted by Gasteiger charge is 2.43. The van der Waals surface area contributed by atoms with Crippen molar-refractivity contribution in [3.05, 3.63) is 0 Å². The third-order valence-electron chi connectivity index (χ3n) is 3.32. The Morgan fingerprint density at radius 1 is 1.38 bits per heavy atom. The Labute approximate surface area is 82.9 Å². The van der Waals surface area contributed by atoms with E-state index in [1.807, 2.05) is 7.11 Å². The molecule has 0 spiro atoms. The van der Waals surface area contributed by atoms with Gasteiger partial charge in [-0.1, -0.05) is 12.8 Å². The molecule has 2 fully saturated rings. The van der Waals surface area contributed by atoms with Gasteiger partial charge in [-0.2, -0.15) is 0 Å². The van der Waals surface area contributed by atoms with Crippen LogP contribution in [0.5, 0.6) is 0 Å². The Kier molecular flexibility index (Phi) is 3.41. The van der Waals surface area contributed by atoms with E-state index in [1.54, 1.807) is 0 Å². The highest BCUT2D eigenvalue weighted by molar-refractivity contribution is 6.26. The topological polar surface area (TPSA) is 21.8 Å². The first-order valence-electron chi connectivity index (χ1n) is 5.54. The lowest BCUT2D eigenvalue weighted by atomic mass is 9.86. The average molecular weight is 200 g/mol. The maximum atomic E-state index is 5.52. The zero-order valence-corrected chi connectivity index (χ0v) is 9.91. The van der Waals surface area contributed by atoms with E-state index in [1.165, 1.54) is 38.1 Å². The molecule has 0 aromatic heterocycles. The second-order valence-electron chi connectivity index (χ2n) is 4.38. The van der Waals surface area contributed by atoms with E-state index < -0.39 is 0 Å². The zero-order valence-electron chi connectivity index (χ0n) is 8.50. The van der Waals surface area contributed by atoms with Crippen molar-refractivity contribution in [2.75, 3.05) is 7.11 Å². The SMILES string of the molecule is CO[SiH2]CCCC1CCC2OC2C1. The second kappa shape index (κ2) is 4.58. The number of hydrogen-bond acceptors (Lipinski definition) is 2. The van der Waals surface area contributed by atoms with Crippen molar-refractivity contribution in [1.82, 2.24) is 0 Å². The van der Waals surface area contributed by atoms with E-state index in [0.29, 0.717) is 12.2 Å². The molecule has 1 aliphatic carbocycles. The number of epoxide rings is 1. The molecule has 2 rings (SSSR count). The van der Waals surface area contributed by atoms with Gasteiger partial charge in [-0.15, -0.1) is 0 Å². The minimum atomic E-state index is -0.159. The van der Waals surface area contributed by atoms with Crippen molar-refractivity contribution in [3.63, 3.8) is 0 Å². The third kappa shape index (κ3) is 2.79. The molecular weight excluding hydrogens is 180 g/mol. The number of rotatable bonds is 5. The lowest BCUT2D eigenvalue weighted by Gasteiger charge is -2.18. The van der Waals surface area contributed by atoms with Crippen molar-refractivity contribution < 1.29 is 9.16 Å². The standard InChI is InChI=1S/C10H20O2Si/c1-11-13-6-2-3-8-4-5-9-10(7-8)12-9/h8-10H,2-7,13H2,1H3. The van der Waals surface area contributed by atoms with Crippen molar-refractivity contribution in [3.8, 4) is 0 Å². The fourth-order valence-corrected chi connectivity index (χ4v) is 3.21. The van der Waals surface area contributed by atoms with E-state index in [-0.39, 0.29) is 9.76 Å². The normalized spacial score (nSPS) is 38.1. The molecule has 76 valence electrons. The summed E-state index contributed by atoms with van der Waals surface area (Å²) in [6, 6.07) is 1.36. The van der Waals surface area contributed by atoms with Crippen LogP contribution in [0.4, 0.5) is 0 Å². The maximum Gasteiger partial charge on any atom is 0.161 e. The second-order valence-corrected chi connectivity index (χ2v) is 6.07. The van der Waals surface area contributed by atoms with Gasteiger partial charge in [0.2, 0.25) is 0 Å². The molecule has 0 aromatic carbocycles. The fourth-order valence-electron chi connectivity index (χ4n) is 2.43. The van der Waals surface area contributed by atoms with Gasteiger partial charge in [0.05, 0.1) is 12.2 Å². The van der Waals surface area contributed by atoms with Gasteiger partial charge in [0, 0.05) is 7.11 Å². The predicted octanol–water partition coefficient (Wildman–Crippen LogP) is 1.48. The van der Waals surface area contributed by atoms with E-state index in [9.17, 15) is 0 Å². The summed E-state index contributed by atoms with van der Waals surface area (Å²) in [5.74, 6) is 0.967. The van der Waals surface area contributed by atoms with Crippen molar-refractivity contribution >= 4 is 9.76 Å². The first kappa shape index (κ1) is 9.68. The molecule has 1 aliphatic heterocycles. The molecule has 1 saturated carbocycles. The lowest BCUT2D eigenvalue weighted by molar-refractivity contribution is 0.348. The Bertz CT molecular complexity index is 163. The smallest absolute Gasteiger partial charge is 0.161 e. The Morgan fingerprint density at radius 3 is 3.08 bits per heavy atom. The van der Waals surface area contributed by atoms with Crippen molar-refractivity contribution in [2.24, 2.45) is 5.92 Å². The van der Waals surface area contributed by atoms with Gasteiger partial charge in [-0.3, -0.25) is 0 Å². The van der Waals surface area contributed by atoms with E-state index in [0.717, 1.165) is 5.92 Å². The molecule has 3 unspecified atom stereocenters. The van der Waals surface area contributed by atoms with Gasteiger partial charge in [-0.25, -0.2) is 0 Å². The molecule has 0 bridgehead atoms. The molecule has 3 heteroatoms. The summed E-state index contributed by atoms with van der Waals surface area (Å²) in [5, 5.41) is 0. The van der Waals surface area contributed by atoms with Crippen LogP contribution in [0.25, 0.3) is 0 Å². The van der Waals surface area contributed by atoms with Gasteiger partial charge in [0.25, 0.3) is 0 Å². The molecule has 3 atom stereocenters. The molecule has 1 heterocycles. The summed E-state index contributed by atoms with van der Waals surface area (Å²) >= 11 is 0. The van der Waals surface area contributed by atoms with Crippen LogP contribution in [-0.2, 0) is 9.16 Å². The Hall–Kier alpha value is 0.137. The third-order valence-corrected chi connectivity index (χ3v) is 4.52. The molecule has 13 heavy (non-hydrogen) atoms. The molecular formula is C10H20O2Si. The monoisotopic (exact) mass is 200 g/mol. The largest absolute Gasteiger partial charge is 0.427 e. The number of hydrogen-bond donors (Lipinski definition) is 0. The summed E-state index contributed by atoms with van der Waals surface area (Å²) in [6.45, 7) is 0. The van der Waals surface area contributed by atoms with Crippen LogP contribution in [-0.4, -0.2) is 29.1 Å². The van der Waals surface area contributed by atoms with Gasteiger partial charge in [0.1, 0.15) is 0 Å². The predicted molar refractivity (Wildman–Crippen MR) is 55.6 cm³/mol. The van der Waals surface area contributed by atoms with Crippen molar-refractivity contribution in [1.29, 1.82) is 0 Å². The molecule has 0 radical (unpaired) electrons. The summed E-state index contributed by atoms with van der Waals surface area (Å²) in [5.41, 5.74) is 0. The van der Waals surface area contributed by atoms with Crippen LogP contribution in [0.3, 0.4) is 0 Å². The highest BCUT2D eigenvalue weighted by Crippen LogP contribution is 2.40. The first-order valence-corrected chi connectivity index (χ1v) is 7.12. The summed E-state index contributed by atoms with van der Waals surface area (Å²) < 4.78 is 10.7.